The Balaban J connectivity index is 1.85. The number of alkyl halides is 3. The van der Waals surface area contributed by atoms with Crippen LogP contribution >= 0.6 is 0 Å². The van der Waals surface area contributed by atoms with E-state index in [-0.39, 0.29) is 18.0 Å². The number of aryl methyl sites for hydroxylation is 1. The van der Waals surface area contributed by atoms with Crippen molar-refractivity contribution in [2.24, 2.45) is 5.92 Å². The molecule has 2 heterocycles. The standard InChI is InChI=1S/C14H20F3N3O2/c1-10-6-18-9-20(13(10)22)7-11-2-4-19(5-3-11)8-12(21)14(15,16)17/h6,9,11-12,21H,2-5,7-8H2,1H3. The van der Waals surface area contributed by atoms with Crippen molar-refractivity contribution < 1.29 is 18.3 Å². The van der Waals surface area contributed by atoms with Crippen LogP contribution in [0, 0.1) is 12.8 Å². The van der Waals surface area contributed by atoms with Gasteiger partial charge in [0.15, 0.2) is 6.10 Å². The van der Waals surface area contributed by atoms with Gasteiger partial charge in [-0.05, 0) is 38.8 Å². The Hall–Kier alpha value is -1.41. The maximum absolute atomic E-state index is 12.3. The molecule has 1 unspecified atom stereocenters. The SMILES string of the molecule is Cc1cncn(CC2CCN(CC(O)C(F)(F)F)CC2)c1=O. The molecule has 1 aliphatic heterocycles. The van der Waals surface area contributed by atoms with Gasteiger partial charge >= 0.3 is 6.18 Å². The highest BCUT2D eigenvalue weighted by Crippen LogP contribution is 2.23. The minimum Gasteiger partial charge on any atom is -0.382 e. The molecule has 5 nitrogen and oxygen atoms in total. The quantitative estimate of drug-likeness (QED) is 0.906. The van der Waals surface area contributed by atoms with Gasteiger partial charge in [0.1, 0.15) is 0 Å². The average Bonchev–Trinajstić information content (AvgIpc) is 2.45. The van der Waals surface area contributed by atoms with E-state index in [2.05, 4.69) is 4.98 Å². The molecule has 1 aromatic heterocycles. The summed E-state index contributed by atoms with van der Waals surface area (Å²) in [5.74, 6) is 0.237. The van der Waals surface area contributed by atoms with Crippen molar-refractivity contribution in [3.05, 3.63) is 28.4 Å². The Kier molecular flexibility index (Phi) is 5.23. The Morgan fingerprint density at radius 3 is 2.64 bits per heavy atom. The molecule has 124 valence electrons. The molecule has 1 saturated heterocycles. The molecule has 0 spiro atoms. The Labute approximate surface area is 126 Å². The van der Waals surface area contributed by atoms with Crippen molar-refractivity contribution in [2.45, 2.75) is 38.6 Å². The van der Waals surface area contributed by atoms with E-state index in [1.54, 1.807) is 16.4 Å². The molecule has 1 aromatic rings. The monoisotopic (exact) mass is 319 g/mol. The first-order valence-electron chi connectivity index (χ1n) is 7.25. The largest absolute Gasteiger partial charge is 0.415 e. The van der Waals surface area contributed by atoms with Crippen molar-refractivity contribution in [3.63, 3.8) is 0 Å². The second-order valence-corrected chi connectivity index (χ2v) is 5.84. The molecule has 0 bridgehead atoms. The fraction of sp³-hybridized carbons (Fsp3) is 0.714. The molecule has 1 atom stereocenters. The summed E-state index contributed by atoms with van der Waals surface area (Å²) in [5, 5.41) is 9.09. The van der Waals surface area contributed by atoms with Crippen LogP contribution in [0.4, 0.5) is 13.2 Å². The number of nitrogens with zero attached hydrogens (tertiary/aromatic N) is 3. The van der Waals surface area contributed by atoms with Crippen molar-refractivity contribution in [2.75, 3.05) is 19.6 Å². The third kappa shape index (κ3) is 4.30. The number of piperidine rings is 1. The summed E-state index contributed by atoms with van der Waals surface area (Å²) in [5.41, 5.74) is 0.498. The maximum Gasteiger partial charge on any atom is 0.415 e. The predicted octanol–water partition coefficient (Wildman–Crippen LogP) is 1.19. The van der Waals surface area contributed by atoms with E-state index in [0.717, 1.165) is 0 Å². The lowest BCUT2D eigenvalue weighted by Gasteiger charge is -2.33. The van der Waals surface area contributed by atoms with Gasteiger partial charge < -0.3 is 10.0 Å². The summed E-state index contributed by atoms with van der Waals surface area (Å²) in [4.78, 5) is 17.5. The molecule has 1 fully saturated rings. The molecule has 0 aromatic carbocycles. The molecule has 2 rings (SSSR count). The number of halogens is 3. The van der Waals surface area contributed by atoms with Crippen LogP contribution in [0.2, 0.25) is 0 Å². The lowest BCUT2D eigenvalue weighted by atomic mass is 9.96. The van der Waals surface area contributed by atoms with E-state index in [9.17, 15) is 18.0 Å². The van der Waals surface area contributed by atoms with Crippen molar-refractivity contribution in [3.8, 4) is 0 Å². The van der Waals surface area contributed by atoms with Crippen LogP contribution in [0.25, 0.3) is 0 Å². The first-order chi connectivity index (χ1) is 10.3. The second-order valence-electron chi connectivity index (χ2n) is 5.84. The van der Waals surface area contributed by atoms with Gasteiger partial charge in [0, 0.05) is 24.8 Å². The van der Waals surface area contributed by atoms with Crippen LogP contribution in [0.1, 0.15) is 18.4 Å². The van der Waals surface area contributed by atoms with Gasteiger partial charge in [-0.1, -0.05) is 0 Å². The minimum absolute atomic E-state index is 0.0788. The minimum atomic E-state index is -4.57. The van der Waals surface area contributed by atoms with E-state index >= 15 is 0 Å². The smallest absolute Gasteiger partial charge is 0.382 e. The second kappa shape index (κ2) is 6.78. The Bertz CT molecular complexity index is 551. The number of aliphatic hydroxyl groups is 1. The normalized spacial score (nSPS) is 19.3. The number of rotatable bonds is 4. The topological polar surface area (TPSA) is 58.4 Å². The summed E-state index contributed by atoms with van der Waals surface area (Å²) in [7, 11) is 0. The first-order valence-corrected chi connectivity index (χ1v) is 7.25. The fourth-order valence-electron chi connectivity index (χ4n) is 2.67. The Morgan fingerprint density at radius 2 is 2.05 bits per heavy atom. The zero-order chi connectivity index (χ0) is 16.3. The van der Waals surface area contributed by atoms with Crippen molar-refractivity contribution >= 4 is 0 Å². The summed E-state index contributed by atoms with van der Waals surface area (Å²) >= 11 is 0. The highest BCUT2D eigenvalue weighted by atomic mass is 19.4. The molecule has 0 radical (unpaired) electrons. The maximum atomic E-state index is 12.3. The third-order valence-corrected chi connectivity index (χ3v) is 4.04. The number of hydrogen-bond acceptors (Lipinski definition) is 4. The van der Waals surface area contributed by atoms with Gasteiger partial charge in [0.25, 0.3) is 5.56 Å². The number of aliphatic hydroxyl groups excluding tert-OH is 1. The van der Waals surface area contributed by atoms with Crippen LogP contribution in [-0.4, -0.2) is 51.5 Å². The van der Waals surface area contributed by atoms with Gasteiger partial charge in [0.2, 0.25) is 0 Å². The molecular formula is C14H20F3N3O2. The fourth-order valence-corrected chi connectivity index (χ4v) is 2.67. The number of likely N-dealkylation sites (tertiary alicyclic amines) is 1. The Morgan fingerprint density at radius 1 is 1.41 bits per heavy atom. The van der Waals surface area contributed by atoms with E-state index in [4.69, 9.17) is 5.11 Å². The third-order valence-electron chi connectivity index (χ3n) is 4.04. The highest BCUT2D eigenvalue weighted by molar-refractivity contribution is 5.00. The number of aromatic nitrogens is 2. The molecule has 8 heteroatoms. The first kappa shape index (κ1) is 17.0. The van der Waals surface area contributed by atoms with Gasteiger partial charge in [-0.25, -0.2) is 4.98 Å². The summed E-state index contributed by atoms with van der Waals surface area (Å²) < 4.78 is 38.5. The van der Waals surface area contributed by atoms with Crippen LogP contribution < -0.4 is 5.56 Å². The zero-order valence-corrected chi connectivity index (χ0v) is 12.4. The lowest BCUT2D eigenvalue weighted by Crippen LogP contribution is -2.44. The van der Waals surface area contributed by atoms with E-state index in [1.165, 1.54) is 12.5 Å². The van der Waals surface area contributed by atoms with Gasteiger partial charge in [-0.2, -0.15) is 13.2 Å². The average molecular weight is 319 g/mol. The van der Waals surface area contributed by atoms with Crippen LogP contribution in [0.5, 0.6) is 0 Å². The predicted molar refractivity (Wildman–Crippen MR) is 74.5 cm³/mol. The molecule has 1 aliphatic rings. The molecule has 0 saturated carbocycles. The molecule has 0 aliphatic carbocycles. The molecule has 0 amide bonds. The van der Waals surface area contributed by atoms with Crippen LogP contribution in [-0.2, 0) is 6.54 Å². The van der Waals surface area contributed by atoms with Crippen LogP contribution in [0.3, 0.4) is 0 Å². The van der Waals surface area contributed by atoms with Gasteiger partial charge in [0.05, 0.1) is 6.33 Å². The van der Waals surface area contributed by atoms with Gasteiger partial charge in [-0.3, -0.25) is 9.36 Å². The van der Waals surface area contributed by atoms with Crippen molar-refractivity contribution in [1.82, 2.24) is 14.5 Å². The highest BCUT2D eigenvalue weighted by Gasteiger charge is 2.39. The van der Waals surface area contributed by atoms with Crippen molar-refractivity contribution in [1.29, 1.82) is 0 Å². The number of hydrogen-bond donors (Lipinski definition) is 1. The van der Waals surface area contributed by atoms with E-state index < -0.39 is 12.3 Å². The van der Waals surface area contributed by atoms with Gasteiger partial charge in [-0.15, -0.1) is 0 Å². The molecular weight excluding hydrogens is 299 g/mol. The summed E-state index contributed by atoms with van der Waals surface area (Å²) in [6.07, 6.45) is -2.46. The molecule has 1 N–H and O–H groups in total. The van der Waals surface area contributed by atoms with E-state index in [1.807, 2.05) is 0 Å². The summed E-state index contributed by atoms with van der Waals surface area (Å²) in [6.45, 7) is 2.83. The molecule has 22 heavy (non-hydrogen) atoms. The van der Waals surface area contributed by atoms with Crippen LogP contribution in [0.15, 0.2) is 17.3 Å². The zero-order valence-electron chi connectivity index (χ0n) is 12.4. The van der Waals surface area contributed by atoms with E-state index in [0.29, 0.717) is 38.0 Å². The number of β-amino-alcohol motifs (C(OH)–C–C–N with tert-alkyl or cyclic N) is 1. The lowest BCUT2D eigenvalue weighted by molar-refractivity contribution is -0.208. The summed E-state index contributed by atoms with van der Waals surface area (Å²) in [6, 6.07) is 0.